The van der Waals surface area contributed by atoms with Crippen molar-refractivity contribution in [2.75, 3.05) is 0 Å². The summed E-state index contributed by atoms with van der Waals surface area (Å²) >= 11 is 0. The quantitative estimate of drug-likeness (QED) is 0.447. The van der Waals surface area contributed by atoms with E-state index in [9.17, 15) is 0 Å². The highest BCUT2D eigenvalue weighted by molar-refractivity contribution is 5.47. The predicted octanol–water partition coefficient (Wildman–Crippen LogP) is 3.06. The van der Waals surface area contributed by atoms with Crippen molar-refractivity contribution in [3.05, 3.63) is 22.8 Å². The highest BCUT2D eigenvalue weighted by atomic mass is 14.4. The van der Waals surface area contributed by atoms with Crippen molar-refractivity contribution in [1.82, 2.24) is 0 Å². The van der Waals surface area contributed by atoms with E-state index in [2.05, 4.69) is 26.8 Å². The van der Waals surface area contributed by atoms with E-state index in [1.807, 2.05) is 0 Å². The van der Waals surface area contributed by atoms with Crippen LogP contribution in [0.4, 0.5) is 0 Å². The van der Waals surface area contributed by atoms with Gasteiger partial charge in [0.1, 0.15) is 0 Å². The van der Waals surface area contributed by atoms with E-state index in [0.717, 1.165) is 0 Å². The maximum atomic E-state index is 2.41. The Labute approximate surface area is 62.6 Å². The second kappa shape index (κ2) is 1.55. The van der Waals surface area contributed by atoms with Crippen molar-refractivity contribution in [1.29, 1.82) is 0 Å². The van der Waals surface area contributed by atoms with E-state index < -0.39 is 0 Å². The van der Waals surface area contributed by atoms with Gasteiger partial charge in [-0.15, -0.1) is 0 Å². The summed E-state index contributed by atoms with van der Waals surface area (Å²) in [4.78, 5) is 0. The molecule has 0 unspecified atom stereocenters. The summed E-state index contributed by atoms with van der Waals surface area (Å²) in [6.45, 7) is 6.96. The van der Waals surface area contributed by atoms with Crippen molar-refractivity contribution >= 4 is 0 Å². The van der Waals surface area contributed by atoms with Crippen LogP contribution < -0.4 is 0 Å². The molecule has 0 saturated heterocycles. The maximum Gasteiger partial charge on any atom is 0.00731 e. The Kier molecular flexibility index (Phi) is 0.964. The molecule has 0 fully saturated rings. The molecule has 0 aliphatic heterocycles. The van der Waals surface area contributed by atoms with Crippen LogP contribution in [0.1, 0.15) is 33.6 Å². The lowest BCUT2D eigenvalue weighted by molar-refractivity contribution is 0.570. The molecule has 0 spiro atoms. The van der Waals surface area contributed by atoms with Gasteiger partial charge < -0.3 is 0 Å². The molecule has 2 bridgehead atoms. The predicted molar refractivity (Wildman–Crippen MR) is 43.8 cm³/mol. The zero-order valence-electron chi connectivity index (χ0n) is 6.99. The average molecular weight is 134 g/mol. The first kappa shape index (κ1) is 6.21. The van der Waals surface area contributed by atoms with Gasteiger partial charge in [0.25, 0.3) is 0 Å². The number of fused-ring (bicyclic) bond motifs is 2. The second-order valence-corrected chi connectivity index (χ2v) is 3.99. The molecule has 0 atom stereocenters. The molecule has 0 amide bonds. The van der Waals surface area contributed by atoms with Gasteiger partial charge in [-0.05, 0) is 19.8 Å². The molecule has 0 aromatic carbocycles. The van der Waals surface area contributed by atoms with E-state index in [4.69, 9.17) is 0 Å². The highest BCUT2D eigenvalue weighted by Gasteiger charge is 2.38. The molecule has 0 radical (unpaired) electrons. The fourth-order valence-corrected chi connectivity index (χ4v) is 2.32. The summed E-state index contributed by atoms with van der Waals surface area (Å²) in [5, 5.41) is 0. The van der Waals surface area contributed by atoms with Crippen LogP contribution in [0.25, 0.3) is 0 Å². The Bertz CT molecular complexity index is 239. The van der Waals surface area contributed by atoms with Crippen LogP contribution >= 0.6 is 0 Å². The van der Waals surface area contributed by atoms with Gasteiger partial charge in [0.05, 0.1) is 0 Å². The molecule has 0 saturated carbocycles. The zero-order chi connectivity index (χ0) is 7.35. The van der Waals surface area contributed by atoms with Crippen LogP contribution in [-0.4, -0.2) is 0 Å². The molecule has 10 heavy (non-hydrogen) atoms. The third-order valence-corrected chi connectivity index (χ3v) is 3.08. The highest BCUT2D eigenvalue weighted by Crippen LogP contribution is 2.52. The van der Waals surface area contributed by atoms with Crippen molar-refractivity contribution in [2.24, 2.45) is 5.41 Å². The molecule has 0 heteroatoms. The van der Waals surface area contributed by atoms with Crippen LogP contribution in [0.2, 0.25) is 0 Å². The summed E-state index contributed by atoms with van der Waals surface area (Å²) in [7, 11) is 0. The Balaban J connectivity index is 2.54. The van der Waals surface area contributed by atoms with Gasteiger partial charge in [0.15, 0.2) is 0 Å². The third-order valence-electron chi connectivity index (χ3n) is 3.08. The largest absolute Gasteiger partial charge is 0.0800 e. The van der Waals surface area contributed by atoms with Crippen molar-refractivity contribution < 1.29 is 0 Å². The summed E-state index contributed by atoms with van der Waals surface area (Å²) in [5.41, 5.74) is 5.40. The van der Waals surface area contributed by atoms with E-state index in [1.54, 1.807) is 16.7 Å². The SMILES string of the molecule is CC1=C2CC=C(C1)C2(C)C. The van der Waals surface area contributed by atoms with Gasteiger partial charge >= 0.3 is 0 Å². The zero-order valence-corrected chi connectivity index (χ0v) is 6.99. The monoisotopic (exact) mass is 134 g/mol. The van der Waals surface area contributed by atoms with E-state index in [0.29, 0.717) is 5.41 Å². The lowest BCUT2D eigenvalue weighted by Gasteiger charge is -2.18. The first-order chi connectivity index (χ1) is 4.62. The Morgan fingerprint density at radius 1 is 1.40 bits per heavy atom. The van der Waals surface area contributed by atoms with Crippen molar-refractivity contribution in [2.45, 2.75) is 33.6 Å². The topological polar surface area (TPSA) is 0 Å². The second-order valence-electron chi connectivity index (χ2n) is 3.99. The van der Waals surface area contributed by atoms with Gasteiger partial charge in [-0.25, -0.2) is 0 Å². The summed E-state index contributed by atoms with van der Waals surface area (Å²) in [6, 6.07) is 0. The molecular formula is C10H14. The molecule has 2 rings (SSSR count). The third kappa shape index (κ3) is 0.524. The molecule has 0 nitrogen and oxygen atoms in total. The molecule has 2 aliphatic carbocycles. The van der Waals surface area contributed by atoms with E-state index in [1.165, 1.54) is 12.8 Å². The minimum absolute atomic E-state index is 0.435. The molecule has 0 N–H and O–H groups in total. The van der Waals surface area contributed by atoms with Gasteiger partial charge in [-0.1, -0.05) is 36.6 Å². The fourth-order valence-electron chi connectivity index (χ4n) is 2.32. The van der Waals surface area contributed by atoms with Gasteiger partial charge in [-0.3, -0.25) is 0 Å². The van der Waals surface area contributed by atoms with Crippen LogP contribution in [0.5, 0.6) is 0 Å². The fraction of sp³-hybridized carbons (Fsp3) is 0.600. The lowest BCUT2D eigenvalue weighted by Crippen LogP contribution is -2.06. The van der Waals surface area contributed by atoms with Gasteiger partial charge in [-0.2, -0.15) is 0 Å². The molecule has 54 valence electrons. The summed E-state index contributed by atoms with van der Waals surface area (Å²) in [5.74, 6) is 0. The first-order valence-electron chi connectivity index (χ1n) is 4.01. The van der Waals surface area contributed by atoms with Crippen molar-refractivity contribution in [3.63, 3.8) is 0 Å². The number of hydrogen-bond donors (Lipinski definition) is 0. The minimum atomic E-state index is 0.435. The van der Waals surface area contributed by atoms with Crippen LogP contribution in [-0.2, 0) is 0 Å². The molecule has 0 aromatic rings. The summed E-state index contributed by atoms with van der Waals surface area (Å²) < 4.78 is 0. The lowest BCUT2D eigenvalue weighted by atomic mass is 9.86. The molecule has 0 heterocycles. The maximum absolute atomic E-state index is 2.41. The molecule has 0 aromatic heterocycles. The van der Waals surface area contributed by atoms with Crippen LogP contribution in [0.3, 0.4) is 0 Å². The molecular weight excluding hydrogens is 120 g/mol. The van der Waals surface area contributed by atoms with Gasteiger partial charge in [0, 0.05) is 5.41 Å². The van der Waals surface area contributed by atoms with Crippen LogP contribution in [0, 0.1) is 5.41 Å². The first-order valence-corrected chi connectivity index (χ1v) is 4.01. The number of allylic oxidation sites excluding steroid dienone is 4. The number of hydrogen-bond acceptors (Lipinski definition) is 0. The average Bonchev–Trinajstić information content (AvgIpc) is 2.20. The van der Waals surface area contributed by atoms with Gasteiger partial charge in [0.2, 0.25) is 0 Å². The molecule has 2 aliphatic rings. The standard InChI is InChI=1S/C10H14/c1-7-6-8-4-5-9(7)10(8,2)3/h4H,5-6H2,1-3H3. The van der Waals surface area contributed by atoms with Crippen molar-refractivity contribution in [3.8, 4) is 0 Å². The minimum Gasteiger partial charge on any atom is -0.0800 e. The number of rotatable bonds is 0. The van der Waals surface area contributed by atoms with E-state index >= 15 is 0 Å². The van der Waals surface area contributed by atoms with Crippen LogP contribution in [0.15, 0.2) is 22.8 Å². The Hall–Kier alpha value is -0.520. The summed E-state index contributed by atoms with van der Waals surface area (Å²) in [6.07, 6.45) is 4.89. The Morgan fingerprint density at radius 2 is 2.10 bits per heavy atom. The Morgan fingerprint density at radius 3 is 2.30 bits per heavy atom. The normalized spacial score (nSPS) is 27.7. The smallest absolute Gasteiger partial charge is 0.00731 e. The van der Waals surface area contributed by atoms with E-state index in [-0.39, 0.29) is 0 Å².